The lowest BCUT2D eigenvalue weighted by atomic mass is 10.1. The van der Waals surface area contributed by atoms with Gasteiger partial charge in [0.15, 0.2) is 11.5 Å². The molecular formula is C35H47N5O5. The first-order valence-corrected chi connectivity index (χ1v) is 15.8. The third kappa shape index (κ3) is 11.0. The van der Waals surface area contributed by atoms with Crippen molar-refractivity contribution in [3.63, 3.8) is 0 Å². The molecule has 4 rings (SSSR count). The number of likely N-dealkylation sites (N-methyl/N-ethyl adjacent to an activating group) is 1. The van der Waals surface area contributed by atoms with Crippen LogP contribution in [0.1, 0.15) is 49.4 Å². The maximum atomic E-state index is 12.9. The number of amides is 3. The summed E-state index contributed by atoms with van der Waals surface area (Å²) in [6.45, 7) is 6.99. The van der Waals surface area contributed by atoms with E-state index >= 15 is 0 Å². The second kappa shape index (κ2) is 17.3. The maximum Gasteiger partial charge on any atom is 0.319 e. The minimum atomic E-state index is -0.258. The molecule has 0 aliphatic carbocycles. The molecule has 0 bridgehead atoms. The van der Waals surface area contributed by atoms with Crippen molar-refractivity contribution in [3.8, 4) is 23.0 Å². The summed E-state index contributed by atoms with van der Waals surface area (Å²) in [5, 5.41) is 8.60. The molecule has 3 aromatic rings. The number of carbonyl (C=O) groups excluding carboxylic acids is 2. The van der Waals surface area contributed by atoms with E-state index in [2.05, 4.69) is 46.8 Å². The zero-order valence-corrected chi connectivity index (χ0v) is 26.9. The van der Waals surface area contributed by atoms with Crippen LogP contribution >= 0.6 is 0 Å². The van der Waals surface area contributed by atoms with Gasteiger partial charge in [-0.3, -0.25) is 4.79 Å². The number of ether oxygens (including phenoxy) is 3. The molecule has 3 amide bonds. The molecule has 0 spiro atoms. The van der Waals surface area contributed by atoms with Gasteiger partial charge in [-0.2, -0.15) is 0 Å². The van der Waals surface area contributed by atoms with Crippen molar-refractivity contribution in [1.29, 1.82) is 0 Å². The molecular weight excluding hydrogens is 570 g/mol. The maximum absolute atomic E-state index is 12.9. The van der Waals surface area contributed by atoms with Crippen molar-refractivity contribution >= 4 is 23.3 Å². The standard InChI is InChI=1S/C35H47N5O5/c1-5-6-7-20-36-35(42)38-28-12-17-32(33(25-28)43-4)45-30-15-10-27(11-16-30)37-34(41)26-8-13-29(14-9-26)44-31-18-21-40(22-19-31)24-23-39(2)3/h8-17,25,31H,5-7,18-24H2,1-4H3,(H,37,41)(H2,36,38,42). The zero-order valence-electron chi connectivity index (χ0n) is 26.9. The average Bonchev–Trinajstić information content (AvgIpc) is 3.04. The summed E-state index contributed by atoms with van der Waals surface area (Å²) in [7, 11) is 5.75. The van der Waals surface area contributed by atoms with Crippen LogP contribution in [0.5, 0.6) is 23.0 Å². The van der Waals surface area contributed by atoms with E-state index in [1.54, 1.807) is 61.7 Å². The molecule has 0 radical (unpaired) electrons. The summed E-state index contributed by atoms with van der Waals surface area (Å²) >= 11 is 0. The van der Waals surface area contributed by atoms with Gasteiger partial charge >= 0.3 is 6.03 Å². The third-order valence-corrected chi connectivity index (χ3v) is 7.64. The smallest absolute Gasteiger partial charge is 0.319 e. The van der Waals surface area contributed by atoms with E-state index < -0.39 is 0 Å². The molecule has 3 N–H and O–H groups in total. The van der Waals surface area contributed by atoms with Gasteiger partial charge in [-0.1, -0.05) is 19.8 Å². The third-order valence-electron chi connectivity index (χ3n) is 7.64. The van der Waals surface area contributed by atoms with Crippen molar-refractivity contribution < 1.29 is 23.8 Å². The predicted octanol–water partition coefficient (Wildman–Crippen LogP) is 6.46. The van der Waals surface area contributed by atoms with Crippen molar-refractivity contribution in [3.05, 3.63) is 72.3 Å². The van der Waals surface area contributed by atoms with Gasteiger partial charge in [-0.05, 0) is 94.0 Å². The number of nitrogens with one attached hydrogen (secondary N) is 3. The van der Waals surface area contributed by atoms with Crippen LogP contribution in [0.15, 0.2) is 66.7 Å². The molecule has 0 aromatic heterocycles. The van der Waals surface area contributed by atoms with Crippen LogP contribution in [0.4, 0.5) is 16.2 Å². The number of likely N-dealkylation sites (tertiary alicyclic amines) is 1. The van der Waals surface area contributed by atoms with Gasteiger partial charge in [-0.25, -0.2) is 4.79 Å². The number of hydrogen-bond acceptors (Lipinski definition) is 7. The molecule has 10 heteroatoms. The average molecular weight is 618 g/mol. The first-order chi connectivity index (χ1) is 21.8. The van der Waals surface area contributed by atoms with Crippen LogP contribution in [-0.4, -0.2) is 81.8 Å². The second-order valence-electron chi connectivity index (χ2n) is 11.5. The molecule has 45 heavy (non-hydrogen) atoms. The molecule has 242 valence electrons. The van der Waals surface area contributed by atoms with E-state index in [0.29, 0.717) is 40.7 Å². The Bertz CT molecular complexity index is 1360. The number of nitrogens with zero attached hydrogens (tertiary/aromatic N) is 2. The summed E-state index contributed by atoms with van der Waals surface area (Å²) in [6.07, 6.45) is 5.33. The van der Waals surface area contributed by atoms with E-state index in [-0.39, 0.29) is 18.0 Å². The minimum absolute atomic E-state index is 0.196. The lowest BCUT2D eigenvalue weighted by Crippen LogP contribution is -2.41. The van der Waals surface area contributed by atoms with E-state index in [1.165, 1.54) is 0 Å². The highest BCUT2D eigenvalue weighted by atomic mass is 16.5. The summed E-state index contributed by atoms with van der Waals surface area (Å²) < 4.78 is 17.7. The largest absolute Gasteiger partial charge is 0.493 e. The Hall–Kier alpha value is -4.28. The number of piperidine rings is 1. The number of urea groups is 1. The van der Waals surface area contributed by atoms with Crippen molar-refractivity contribution in [2.75, 3.05) is 64.6 Å². The molecule has 1 saturated heterocycles. The quantitative estimate of drug-likeness (QED) is 0.168. The highest BCUT2D eigenvalue weighted by Gasteiger charge is 2.20. The van der Waals surface area contributed by atoms with Gasteiger partial charge in [-0.15, -0.1) is 0 Å². The van der Waals surface area contributed by atoms with Crippen LogP contribution in [0, 0.1) is 0 Å². The molecule has 0 saturated carbocycles. The Kier molecular flexibility index (Phi) is 12.9. The van der Waals surface area contributed by atoms with E-state index in [4.69, 9.17) is 14.2 Å². The molecule has 1 aliphatic heterocycles. The van der Waals surface area contributed by atoms with Crippen molar-refractivity contribution in [2.24, 2.45) is 0 Å². The van der Waals surface area contributed by atoms with Gasteiger partial charge in [0.2, 0.25) is 0 Å². The SMILES string of the molecule is CCCCCNC(=O)Nc1ccc(Oc2ccc(NC(=O)c3ccc(OC4CCN(CCN(C)C)CC4)cc3)cc2)c(OC)c1. The molecule has 1 heterocycles. The van der Waals surface area contributed by atoms with Gasteiger partial charge < -0.3 is 40.0 Å². The first kappa shape index (κ1) is 33.6. The Morgan fingerprint density at radius 3 is 2.22 bits per heavy atom. The summed E-state index contributed by atoms with van der Waals surface area (Å²) in [6, 6.07) is 19.3. The van der Waals surface area contributed by atoms with Crippen LogP contribution in [0.3, 0.4) is 0 Å². The number of rotatable bonds is 15. The Morgan fingerprint density at radius 1 is 0.867 bits per heavy atom. The number of hydrogen-bond donors (Lipinski definition) is 3. The van der Waals surface area contributed by atoms with E-state index in [9.17, 15) is 9.59 Å². The molecule has 10 nitrogen and oxygen atoms in total. The lowest BCUT2D eigenvalue weighted by molar-refractivity contribution is 0.0965. The van der Waals surface area contributed by atoms with E-state index in [0.717, 1.165) is 64.0 Å². The molecule has 0 atom stereocenters. The summed E-state index contributed by atoms with van der Waals surface area (Å²) in [5.41, 5.74) is 1.79. The second-order valence-corrected chi connectivity index (χ2v) is 11.5. The highest BCUT2D eigenvalue weighted by Crippen LogP contribution is 2.34. The van der Waals surface area contributed by atoms with Crippen molar-refractivity contribution in [2.45, 2.75) is 45.1 Å². The zero-order chi connectivity index (χ0) is 32.0. The molecule has 1 fully saturated rings. The van der Waals surface area contributed by atoms with Gasteiger partial charge in [0.1, 0.15) is 17.6 Å². The lowest BCUT2D eigenvalue weighted by Gasteiger charge is -2.32. The van der Waals surface area contributed by atoms with Crippen molar-refractivity contribution in [1.82, 2.24) is 15.1 Å². The molecule has 1 aliphatic rings. The fourth-order valence-corrected chi connectivity index (χ4v) is 4.99. The van der Waals surface area contributed by atoms with Crippen LogP contribution in [0.25, 0.3) is 0 Å². The number of methoxy groups -OCH3 is 1. The molecule has 3 aromatic carbocycles. The van der Waals surface area contributed by atoms with Crippen LogP contribution < -0.4 is 30.2 Å². The first-order valence-electron chi connectivity index (χ1n) is 15.8. The fraction of sp³-hybridized carbons (Fsp3) is 0.429. The fourth-order valence-electron chi connectivity index (χ4n) is 4.99. The topological polar surface area (TPSA) is 104 Å². The number of benzene rings is 3. The predicted molar refractivity (Wildman–Crippen MR) is 179 cm³/mol. The number of unbranched alkanes of at least 4 members (excludes halogenated alkanes) is 2. The monoisotopic (exact) mass is 617 g/mol. The van der Waals surface area contributed by atoms with Gasteiger partial charge in [0.05, 0.1) is 7.11 Å². The number of carbonyl (C=O) groups is 2. The van der Waals surface area contributed by atoms with Crippen LogP contribution in [-0.2, 0) is 0 Å². The summed E-state index contributed by atoms with van der Waals surface area (Å²) in [4.78, 5) is 29.7. The normalized spacial score (nSPS) is 13.7. The van der Waals surface area contributed by atoms with Gasteiger partial charge in [0, 0.05) is 55.7 Å². The summed E-state index contributed by atoms with van der Waals surface area (Å²) in [5.74, 6) is 2.13. The van der Waals surface area contributed by atoms with Crippen LogP contribution in [0.2, 0.25) is 0 Å². The Labute approximate surface area is 267 Å². The minimum Gasteiger partial charge on any atom is -0.493 e. The Balaban J connectivity index is 1.24. The molecule has 0 unspecified atom stereocenters. The Morgan fingerprint density at radius 2 is 1.56 bits per heavy atom. The number of anilines is 2. The van der Waals surface area contributed by atoms with E-state index in [1.807, 2.05) is 12.1 Å². The van der Waals surface area contributed by atoms with Gasteiger partial charge in [0.25, 0.3) is 5.91 Å². The highest BCUT2D eigenvalue weighted by molar-refractivity contribution is 6.04.